The average Bonchev–Trinajstić information content (AvgIpc) is 2.54. The highest BCUT2D eigenvalue weighted by atomic mass is 32.2. The molecule has 1 fully saturated rings. The third kappa shape index (κ3) is 6.25. The van der Waals surface area contributed by atoms with E-state index in [0.29, 0.717) is 0 Å². The van der Waals surface area contributed by atoms with Crippen LogP contribution in [0.1, 0.15) is 44.6 Å². The van der Waals surface area contributed by atoms with Crippen LogP contribution >= 0.6 is 23.5 Å². The van der Waals surface area contributed by atoms with Gasteiger partial charge >= 0.3 is 0 Å². The highest BCUT2D eigenvalue weighted by Crippen LogP contribution is 2.28. The molecule has 0 spiro atoms. The molecule has 22 heavy (non-hydrogen) atoms. The van der Waals surface area contributed by atoms with Crippen molar-refractivity contribution in [2.75, 3.05) is 12.3 Å². The summed E-state index contributed by atoms with van der Waals surface area (Å²) in [6.45, 7) is 4.85. The number of hydrogen-bond acceptors (Lipinski definition) is 3. The lowest BCUT2D eigenvalue weighted by molar-refractivity contribution is -0.120. The molecule has 122 valence electrons. The number of benzene rings is 1. The molecule has 0 radical (unpaired) electrons. The average molecular weight is 338 g/mol. The van der Waals surface area contributed by atoms with Crippen molar-refractivity contribution < 1.29 is 4.79 Å². The standard InChI is InChI=1S/C18H27NOS2/c1-14-8-10-17(11-9-14)22-15(2)18(20)19-12-13-21-16-6-4-3-5-7-16/h8-11,15-16H,3-7,12-13H2,1-2H3,(H,19,20)/t15-/m1/s1. The maximum absolute atomic E-state index is 12.1. The van der Waals surface area contributed by atoms with Gasteiger partial charge in [0.15, 0.2) is 0 Å². The number of thioether (sulfide) groups is 2. The number of amides is 1. The van der Waals surface area contributed by atoms with Crippen molar-refractivity contribution in [3.05, 3.63) is 29.8 Å². The molecule has 1 atom stereocenters. The summed E-state index contributed by atoms with van der Waals surface area (Å²) < 4.78 is 0. The van der Waals surface area contributed by atoms with E-state index in [1.54, 1.807) is 11.8 Å². The van der Waals surface area contributed by atoms with Crippen molar-refractivity contribution in [2.24, 2.45) is 0 Å². The summed E-state index contributed by atoms with van der Waals surface area (Å²) in [6, 6.07) is 8.35. The van der Waals surface area contributed by atoms with Crippen LogP contribution in [0, 0.1) is 6.92 Å². The van der Waals surface area contributed by atoms with Gasteiger partial charge in [0.05, 0.1) is 5.25 Å². The molecule has 0 bridgehead atoms. The monoisotopic (exact) mass is 337 g/mol. The Balaban J connectivity index is 1.62. The highest BCUT2D eigenvalue weighted by Gasteiger charge is 2.15. The predicted octanol–water partition coefficient (Wildman–Crippen LogP) is 4.66. The molecule has 1 aliphatic carbocycles. The first-order chi connectivity index (χ1) is 10.6. The summed E-state index contributed by atoms with van der Waals surface area (Å²) in [5, 5.41) is 3.86. The predicted molar refractivity (Wildman–Crippen MR) is 98.8 cm³/mol. The van der Waals surface area contributed by atoms with Gasteiger partial charge in [-0.25, -0.2) is 0 Å². The van der Waals surface area contributed by atoms with Crippen LogP contribution in [-0.4, -0.2) is 28.7 Å². The fraction of sp³-hybridized carbons (Fsp3) is 0.611. The Hall–Kier alpha value is -0.610. The molecule has 2 rings (SSSR count). The van der Waals surface area contributed by atoms with Crippen molar-refractivity contribution in [3.8, 4) is 0 Å². The molecule has 1 aromatic rings. The van der Waals surface area contributed by atoms with E-state index in [0.717, 1.165) is 22.4 Å². The molecule has 1 aliphatic rings. The van der Waals surface area contributed by atoms with E-state index in [4.69, 9.17) is 0 Å². The first-order valence-electron chi connectivity index (χ1n) is 8.28. The summed E-state index contributed by atoms with van der Waals surface area (Å²) in [6.07, 6.45) is 6.89. The van der Waals surface area contributed by atoms with Gasteiger partial charge in [-0.2, -0.15) is 11.8 Å². The van der Waals surface area contributed by atoms with Crippen LogP contribution in [0.15, 0.2) is 29.2 Å². The van der Waals surface area contributed by atoms with Crippen molar-refractivity contribution in [1.29, 1.82) is 0 Å². The molecular weight excluding hydrogens is 310 g/mol. The Bertz CT molecular complexity index is 455. The summed E-state index contributed by atoms with van der Waals surface area (Å²) >= 11 is 3.66. The molecule has 0 heterocycles. The Morgan fingerprint density at radius 3 is 2.59 bits per heavy atom. The number of nitrogens with one attached hydrogen (secondary N) is 1. The summed E-state index contributed by atoms with van der Waals surface area (Å²) in [5.41, 5.74) is 1.25. The first kappa shape index (κ1) is 17.7. The zero-order valence-electron chi connectivity index (χ0n) is 13.6. The maximum Gasteiger partial charge on any atom is 0.233 e. The van der Waals surface area contributed by atoms with Gasteiger partial charge in [0.1, 0.15) is 0 Å². The zero-order chi connectivity index (χ0) is 15.8. The van der Waals surface area contributed by atoms with E-state index in [-0.39, 0.29) is 11.2 Å². The molecular formula is C18H27NOS2. The molecule has 1 saturated carbocycles. The maximum atomic E-state index is 12.1. The lowest BCUT2D eigenvalue weighted by Gasteiger charge is -2.21. The second-order valence-corrected chi connectivity index (χ2v) is 8.82. The normalized spacial score (nSPS) is 17.2. The Kier molecular flexibility index (Phi) is 7.67. The molecule has 1 aromatic carbocycles. The smallest absolute Gasteiger partial charge is 0.233 e. The summed E-state index contributed by atoms with van der Waals surface area (Å²) in [7, 11) is 0. The van der Waals surface area contributed by atoms with E-state index in [1.165, 1.54) is 37.7 Å². The van der Waals surface area contributed by atoms with Gasteiger partial charge in [-0.15, -0.1) is 11.8 Å². The number of aryl methyl sites for hydroxylation is 1. The van der Waals surface area contributed by atoms with Gasteiger partial charge in [0.25, 0.3) is 0 Å². The third-order valence-electron chi connectivity index (χ3n) is 4.01. The van der Waals surface area contributed by atoms with Gasteiger partial charge in [-0.1, -0.05) is 37.0 Å². The van der Waals surface area contributed by atoms with E-state index in [2.05, 4.69) is 36.5 Å². The number of rotatable bonds is 7. The molecule has 1 N–H and O–H groups in total. The number of carbonyl (C=O) groups excluding carboxylic acids is 1. The summed E-state index contributed by atoms with van der Waals surface area (Å²) in [5.74, 6) is 1.19. The molecule has 0 aliphatic heterocycles. The number of hydrogen-bond donors (Lipinski definition) is 1. The van der Waals surface area contributed by atoms with Gasteiger partial charge in [0, 0.05) is 22.4 Å². The van der Waals surface area contributed by atoms with Crippen LogP contribution in [0.25, 0.3) is 0 Å². The van der Waals surface area contributed by atoms with Crippen LogP contribution in [0.5, 0.6) is 0 Å². The van der Waals surface area contributed by atoms with Gasteiger partial charge in [0.2, 0.25) is 5.91 Å². The van der Waals surface area contributed by atoms with E-state index < -0.39 is 0 Å². The number of carbonyl (C=O) groups is 1. The Morgan fingerprint density at radius 1 is 1.23 bits per heavy atom. The van der Waals surface area contributed by atoms with Crippen molar-refractivity contribution in [3.63, 3.8) is 0 Å². The lowest BCUT2D eigenvalue weighted by Crippen LogP contribution is -2.32. The van der Waals surface area contributed by atoms with Crippen molar-refractivity contribution >= 4 is 29.4 Å². The quantitative estimate of drug-likeness (QED) is 0.579. The lowest BCUT2D eigenvalue weighted by atomic mass is 10.0. The fourth-order valence-corrected chi connectivity index (χ4v) is 4.76. The van der Waals surface area contributed by atoms with Crippen LogP contribution in [-0.2, 0) is 4.79 Å². The molecule has 0 aromatic heterocycles. The molecule has 2 nitrogen and oxygen atoms in total. The highest BCUT2D eigenvalue weighted by molar-refractivity contribution is 8.00. The molecule has 0 saturated heterocycles. The third-order valence-corrected chi connectivity index (χ3v) is 6.50. The van der Waals surface area contributed by atoms with Crippen LogP contribution in [0.2, 0.25) is 0 Å². The van der Waals surface area contributed by atoms with E-state index in [9.17, 15) is 4.79 Å². The SMILES string of the molecule is Cc1ccc(S[C@H](C)C(=O)NCCSC2CCCCC2)cc1. The second kappa shape index (κ2) is 9.51. The molecule has 4 heteroatoms. The van der Waals surface area contributed by atoms with Crippen molar-refractivity contribution in [2.45, 2.75) is 61.3 Å². The zero-order valence-corrected chi connectivity index (χ0v) is 15.3. The summed E-state index contributed by atoms with van der Waals surface area (Å²) in [4.78, 5) is 13.3. The van der Waals surface area contributed by atoms with E-state index in [1.807, 2.05) is 18.7 Å². The van der Waals surface area contributed by atoms with Gasteiger partial charge in [-0.05, 0) is 38.8 Å². The minimum absolute atomic E-state index is 0.0395. The Labute approximate surface area is 143 Å². The fourth-order valence-electron chi connectivity index (χ4n) is 2.65. The van der Waals surface area contributed by atoms with Crippen LogP contribution in [0.3, 0.4) is 0 Å². The van der Waals surface area contributed by atoms with Gasteiger partial charge < -0.3 is 5.32 Å². The van der Waals surface area contributed by atoms with Gasteiger partial charge in [-0.3, -0.25) is 4.79 Å². The minimum atomic E-state index is -0.0395. The van der Waals surface area contributed by atoms with Crippen molar-refractivity contribution in [1.82, 2.24) is 5.32 Å². The van der Waals surface area contributed by atoms with E-state index >= 15 is 0 Å². The van der Waals surface area contributed by atoms with Crippen LogP contribution in [0.4, 0.5) is 0 Å². The first-order valence-corrected chi connectivity index (χ1v) is 10.2. The molecule has 0 unspecified atom stereocenters. The molecule has 1 amide bonds. The largest absolute Gasteiger partial charge is 0.354 e. The Morgan fingerprint density at radius 2 is 1.91 bits per heavy atom. The minimum Gasteiger partial charge on any atom is -0.354 e. The topological polar surface area (TPSA) is 29.1 Å². The van der Waals surface area contributed by atoms with Crippen LogP contribution < -0.4 is 5.32 Å². The second-order valence-electron chi connectivity index (χ2n) is 5.99.